The monoisotopic (exact) mass is 154 g/mol. The number of hydrogen-bond acceptors (Lipinski definition) is 2. The summed E-state index contributed by atoms with van der Waals surface area (Å²) < 4.78 is 0. The van der Waals surface area contributed by atoms with Crippen molar-refractivity contribution in [2.75, 3.05) is 19.6 Å². The molecule has 2 rings (SSSR count). The summed E-state index contributed by atoms with van der Waals surface area (Å²) in [5.74, 6) is 0. The molecule has 2 fully saturated rings. The normalized spacial score (nSPS) is 29.2. The van der Waals surface area contributed by atoms with Crippen molar-refractivity contribution in [1.82, 2.24) is 4.90 Å². The Morgan fingerprint density at radius 3 is 2.27 bits per heavy atom. The fourth-order valence-electron chi connectivity index (χ4n) is 1.87. The van der Waals surface area contributed by atoms with Crippen LogP contribution in [-0.2, 0) is 0 Å². The van der Waals surface area contributed by atoms with Gasteiger partial charge in [0, 0.05) is 5.54 Å². The van der Waals surface area contributed by atoms with E-state index in [2.05, 4.69) is 4.90 Å². The van der Waals surface area contributed by atoms with Crippen molar-refractivity contribution in [3.63, 3.8) is 0 Å². The Labute approximate surface area is 68.7 Å². The van der Waals surface area contributed by atoms with E-state index < -0.39 is 0 Å². The molecule has 0 spiro atoms. The van der Waals surface area contributed by atoms with E-state index in [4.69, 9.17) is 5.73 Å². The molecule has 0 atom stereocenters. The van der Waals surface area contributed by atoms with Crippen LogP contribution in [0.3, 0.4) is 0 Å². The van der Waals surface area contributed by atoms with Gasteiger partial charge >= 0.3 is 0 Å². The SMILES string of the molecule is NC1(CCN2CCC2)CCC1. The lowest BCUT2D eigenvalue weighted by atomic mass is 9.75. The smallest absolute Gasteiger partial charge is 0.0166 e. The Morgan fingerprint density at radius 2 is 1.91 bits per heavy atom. The third kappa shape index (κ3) is 1.57. The van der Waals surface area contributed by atoms with Crippen LogP contribution in [0.5, 0.6) is 0 Å². The summed E-state index contributed by atoms with van der Waals surface area (Å²) in [6.45, 7) is 3.88. The number of likely N-dealkylation sites (tertiary alicyclic amines) is 1. The molecule has 1 aliphatic heterocycles. The van der Waals surface area contributed by atoms with Crippen LogP contribution < -0.4 is 5.73 Å². The highest BCUT2D eigenvalue weighted by Gasteiger charge is 2.32. The summed E-state index contributed by atoms with van der Waals surface area (Å²) in [6, 6.07) is 0. The summed E-state index contributed by atoms with van der Waals surface area (Å²) in [5.41, 5.74) is 6.35. The first-order chi connectivity index (χ1) is 5.29. The molecule has 0 aromatic carbocycles. The fraction of sp³-hybridized carbons (Fsp3) is 1.00. The van der Waals surface area contributed by atoms with Gasteiger partial charge in [0.05, 0.1) is 0 Å². The van der Waals surface area contributed by atoms with Gasteiger partial charge in [-0.25, -0.2) is 0 Å². The van der Waals surface area contributed by atoms with Gasteiger partial charge < -0.3 is 10.6 Å². The van der Waals surface area contributed by atoms with E-state index >= 15 is 0 Å². The maximum atomic E-state index is 6.10. The minimum atomic E-state index is 0.246. The van der Waals surface area contributed by atoms with Crippen molar-refractivity contribution >= 4 is 0 Å². The molecule has 1 saturated heterocycles. The second-order valence-corrected chi connectivity index (χ2v) is 4.16. The molecule has 0 aromatic rings. The molecule has 2 N–H and O–H groups in total. The standard InChI is InChI=1S/C9H18N2/c10-9(3-1-4-9)5-8-11-6-2-7-11/h1-8,10H2. The lowest BCUT2D eigenvalue weighted by Gasteiger charge is -2.41. The first-order valence-electron chi connectivity index (χ1n) is 4.80. The molecule has 0 unspecified atom stereocenters. The highest BCUT2D eigenvalue weighted by atomic mass is 15.2. The maximum Gasteiger partial charge on any atom is 0.0166 e. The van der Waals surface area contributed by atoms with Crippen LogP contribution in [-0.4, -0.2) is 30.1 Å². The van der Waals surface area contributed by atoms with Crippen molar-refractivity contribution in [1.29, 1.82) is 0 Å². The van der Waals surface area contributed by atoms with Crippen LogP contribution in [0.4, 0.5) is 0 Å². The molecule has 0 aromatic heterocycles. The average Bonchev–Trinajstić information content (AvgIpc) is 1.81. The molecule has 2 heteroatoms. The third-order valence-corrected chi connectivity index (χ3v) is 3.22. The molecule has 0 amide bonds. The summed E-state index contributed by atoms with van der Waals surface area (Å²) in [6.07, 6.45) is 6.52. The Kier molecular flexibility index (Phi) is 1.90. The lowest BCUT2D eigenvalue weighted by Crippen LogP contribution is -2.50. The molecule has 0 bridgehead atoms. The van der Waals surface area contributed by atoms with Crippen LogP contribution in [0.2, 0.25) is 0 Å². The zero-order valence-electron chi connectivity index (χ0n) is 7.18. The summed E-state index contributed by atoms with van der Waals surface area (Å²) in [5, 5.41) is 0. The molecular formula is C9H18N2. The predicted molar refractivity (Wildman–Crippen MR) is 46.4 cm³/mol. The molecule has 64 valence electrons. The van der Waals surface area contributed by atoms with E-state index in [9.17, 15) is 0 Å². The van der Waals surface area contributed by atoms with Gasteiger partial charge in [0.1, 0.15) is 0 Å². The Bertz CT molecular complexity index is 136. The maximum absolute atomic E-state index is 6.10. The van der Waals surface area contributed by atoms with Gasteiger partial charge in [-0.15, -0.1) is 0 Å². The van der Waals surface area contributed by atoms with Gasteiger partial charge in [-0.3, -0.25) is 0 Å². The predicted octanol–water partition coefficient (Wildman–Crippen LogP) is 0.964. The van der Waals surface area contributed by atoms with E-state index in [-0.39, 0.29) is 5.54 Å². The van der Waals surface area contributed by atoms with E-state index in [1.54, 1.807) is 0 Å². The van der Waals surface area contributed by atoms with E-state index in [0.717, 1.165) is 0 Å². The number of hydrogen-bond donors (Lipinski definition) is 1. The van der Waals surface area contributed by atoms with E-state index in [0.29, 0.717) is 0 Å². The quantitative estimate of drug-likeness (QED) is 0.656. The minimum Gasteiger partial charge on any atom is -0.325 e. The minimum absolute atomic E-state index is 0.246. The molecule has 2 nitrogen and oxygen atoms in total. The molecule has 1 heterocycles. The zero-order valence-corrected chi connectivity index (χ0v) is 7.18. The van der Waals surface area contributed by atoms with Crippen LogP contribution in [0.15, 0.2) is 0 Å². The second-order valence-electron chi connectivity index (χ2n) is 4.16. The lowest BCUT2D eigenvalue weighted by molar-refractivity contribution is 0.137. The van der Waals surface area contributed by atoms with Gasteiger partial charge in [-0.05, 0) is 51.7 Å². The summed E-state index contributed by atoms with van der Waals surface area (Å²) in [4.78, 5) is 2.51. The van der Waals surface area contributed by atoms with Gasteiger partial charge in [-0.2, -0.15) is 0 Å². The van der Waals surface area contributed by atoms with Crippen molar-refractivity contribution in [3.05, 3.63) is 0 Å². The number of nitrogens with zero attached hydrogens (tertiary/aromatic N) is 1. The van der Waals surface area contributed by atoms with Crippen LogP contribution in [0.1, 0.15) is 32.1 Å². The zero-order chi connectivity index (χ0) is 7.73. The fourth-order valence-corrected chi connectivity index (χ4v) is 1.87. The molecule has 0 radical (unpaired) electrons. The van der Waals surface area contributed by atoms with Gasteiger partial charge in [0.25, 0.3) is 0 Å². The van der Waals surface area contributed by atoms with Crippen molar-refractivity contribution in [2.45, 2.75) is 37.6 Å². The van der Waals surface area contributed by atoms with Crippen LogP contribution in [0, 0.1) is 0 Å². The van der Waals surface area contributed by atoms with Gasteiger partial charge in [-0.1, -0.05) is 0 Å². The Morgan fingerprint density at radius 1 is 1.18 bits per heavy atom. The van der Waals surface area contributed by atoms with Crippen molar-refractivity contribution < 1.29 is 0 Å². The second kappa shape index (κ2) is 2.76. The highest BCUT2D eigenvalue weighted by molar-refractivity contribution is 4.93. The first kappa shape index (κ1) is 7.56. The number of rotatable bonds is 3. The average molecular weight is 154 g/mol. The molecule has 1 aliphatic carbocycles. The Balaban J connectivity index is 1.64. The number of nitrogens with two attached hydrogens (primary N) is 1. The van der Waals surface area contributed by atoms with Crippen LogP contribution >= 0.6 is 0 Å². The van der Waals surface area contributed by atoms with Gasteiger partial charge in [0.2, 0.25) is 0 Å². The largest absolute Gasteiger partial charge is 0.325 e. The summed E-state index contributed by atoms with van der Waals surface area (Å²) in [7, 11) is 0. The first-order valence-corrected chi connectivity index (χ1v) is 4.80. The Hall–Kier alpha value is -0.0800. The molecular weight excluding hydrogens is 136 g/mol. The van der Waals surface area contributed by atoms with Crippen molar-refractivity contribution in [3.8, 4) is 0 Å². The molecule has 11 heavy (non-hydrogen) atoms. The van der Waals surface area contributed by atoms with E-state index in [1.165, 1.54) is 51.7 Å². The highest BCUT2D eigenvalue weighted by Crippen LogP contribution is 2.32. The van der Waals surface area contributed by atoms with Crippen molar-refractivity contribution in [2.24, 2.45) is 5.73 Å². The third-order valence-electron chi connectivity index (χ3n) is 3.22. The molecule has 2 aliphatic rings. The van der Waals surface area contributed by atoms with Gasteiger partial charge in [0.15, 0.2) is 0 Å². The topological polar surface area (TPSA) is 29.3 Å². The van der Waals surface area contributed by atoms with E-state index in [1.807, 2.05) is 0 Å². The molecule has 1 saturated carbocycles. The van der Waals surface area contributed by atoms with Crippen LogP contribution in [0.25, 0.3) is 0 Å². The summed E-state index contributed by atoms with van der Waals surface area (Å²) >= 11 is 0.